The van der Waals surface area contributed by atoms with Crippen LogP contribution in [0.4, 0.5) is 24.0 Å². The second-order valence-electron chi connectivity index (χ2n) is 5.15. The summed E-state index contributed by atoms with van der Waals surface area (Å²) >= 11 is 14.5. The Kier molecular flexibility index (Phi) is 72.5. The van der Waals surface area contributed by atoms with Crippen molar-refractivity contribution >= 4 is 94.5 Å². The molecule has 0 unspecified atom stereocenters. The summed E-state index contributed by atoms with van der Waals surface area (Å²) < 4.78 is 27.1. The molecule has 0 saturated heterocycles. The first-order valence-corrected chi connectivity index (χ1v) is 10.8. The van der Waals surface area contributed by atoms with Crippen LogP contribution in [0.5, 0.6) is 0 Å². The fourth-order valence-corrected chi connectivity index (χ4v) is 1.14. The molecule has 25 heteroatoms. The Bertz CT molecular complexity index is 505. The van der Waals surface area contributed by atoms with Crippen molar-refractivity contribution in [3.63, 3.8) is 0 Å². The first-order chi connectivity index (χ1) is 15.9. The molecule has 0 aromatic carbocycles. The van der Waals surface area contributed by atoms with Gasteiger partial charge in [0.1, 0.15) is 0 Å². The zero-order valence-corrected chi connectivity index (χ0v) is 28.2. The van der Waals surface area contributed by atoms with E-state index in [-0.39, 0.29) is 23.5 Å². The number of amides is 5. The largest absolute Gasteiger partial charge is 1.00 e. The van der Waals surface area contributed by atoms with Gasteiger partial charge in [-0.1, -0.05) is 0 Å². The van der Waals surface area contributed by atoms with E-state index in [1.165, 1.54) is 57.1 Å². The van der Waals surface area contributed by atoms with Crippen molar-refractivity contribution in [1.82, 2.24) is 21.5 Å². The number of nitrogens with zero attached hydrogens (tertiary/aromatic N) is 5. The van der Waals surface area contributed by atoms with E-state index in [0.29, 0.717) is 0 Å². The molecule has 0 saturated carbocycles. The van der Waals surface area contributed by atoms with Crippen LogP contribution in [0.15, 0.2) is 0 Å². The molecule has 0 fully saturated rings. The lowest BCUT2D eigenvalue weighted by molar-refractivity contribution is -0.00100. The molecule has 0 atom stereocenters. The first-order valence-electron chi connectivity index (χ1n) is 8.55. The summed E-state index contributed by atoms with van der Waals surface area (Å²) in [7, 11) is 14.3. The summed E-state index contributed by atoms with van der Waals surface area (Å²) in [5, 5.41) is 0. The molecule has 0 heterocycles. The second kappa shape index (κ2) is 43.8. The van der Waals surface area contributed by atoms with Crippen LogP contribution < -0.4 is 23.5 Å². The Labute approximate surface area is 257 Å². The summed E-state index contributed by atoms with van der Waals surface area (Å²) in [6.07, 6.45) is -2.03. The maximum atomic E-state index is 10.2. The second-order valence-corrected chi connectivity index (χ2v) is 8.50. The minimum absolute atomic E-state index is 0. The van der Waals surface area contributed by atoms with E-state index in [1.54, 1.807) is 35.2 Å². The van der Waals surface area contributed by atoms with E-state index >= 15 is 0 Å². The minimum atomic E-state index is -0.406. The lowest BCUT2D eigenvalue weighted by Gasteiger charge is -1.97. The molecular weight excluding hydrogens is 666 g/mol. The maximum Gasteiger partial charge on any atom is 0.450 e. The van der Waals surface area contributed by atoms with E-state index < -0.39 is 30.5 Å². The molecule has 0 rings (SSSR count). The molecule has 0 spiro atoms. The quantitative estimate of drug-likeness (QED) is 0.135. The van der Waals surface area contributed by atoms with Crippen molar-refractivity contribution in [3.05, 3.63) is 0 Å². The zero-order chi connectivity index (χ0) is 29.3. The van der Waals surface area contributed by atoms with Crippen molar-refractivity contribution in [3.8, 4) is 0 Å². The standard InChI is InChI=1S/5C3H7NO2S.5FH/c5*1-4(7)3(5)6-2;;;;;/h5*7H,1-2H3;5*1H. The van der Waals surface area contributed by atoms with Crippen LogP contribution in [0.25, 0.3) is 0 Å². The summed E-state index contributed by atoms with van der Waals surface area (Å²) in [4.78, 5) is 50.8. The van der Waals surface area contributed by atoms with Crippen LogP contribution in [0, 0.1) is 0 Å². The molecule has 0 aliphatic heterocycles. The Morgan fingerprint density at radius 3 is 0.425 bits per heavy atom. The molecule has 0 bridgehead atoms. The van der Waals surface area contributed by atoms with Gasteiger partial charge in [0.15, 0.2) is 0 Å². The van der Waals surface area contributed by atoms with Crippen LogP contribution in [-0.4, -0.2) is 123 Å². The fraction of sp³-hybridized carbons (Fsp3) is 0.667. The van der Waals surface area contributed by atoms with E-state index in [1.807, 2.05) is 0 Å². The van der Waals surface area contributed by atoms with Crippen LogP contribution >= 0.6 is 0 Å². The van der Waals surface area contributed by atoms with Gasteiger partial charge in [-0.05, 0) is 0 Å². The summed E-state index contributed by atoms with van der Waals surface area (Å²) in [5.74, 6) is 0. The van der Waals surface area contributed by atoms with E-state index in [4.69, 9.17) is 0 Å². The van der Waals surface area contributed by atoms with Crippen molar-refractivity contribution in [2.75, 3.05) is 70.8 Å². The van der Waals surface area contributed by atoms with Crippen molar-refractivity contribution in [2.45, 2.75) is 0 Å². The third kappa shape index (κ3) is 56.1. The van der Waals surface area contributed by atoms with Gasteiger partial charge in [0.05, 0.1) is 135 Å². The molecular formula is C15H40F5N5O10S5. The highest BCUT2D eigenvalue weighted by atomic mass is 32.1. The van der Waals surface area contributed by atoms with Gasteiger partial charge in [-0.25, -0.2) is 24.0 Å². The average molecular weight is 706 g/mol. The molecule has 0 aromatic rings. The van der Waals surface area contributed by atoms with Gasteiger partial charge in [-0.15, -0.1) is 21.5 Å². The van der Waals surface area contributed by atoms with Gasteiger partial charge in [-0.3, -0.25) is 0 Å². The van der Waals surface area contributed by atoms with Gasteiger partial charge >= 0.3 is 30.5 Å². The number of hydrogen-bond donors (Lipinski definition) is 0. The molecule has 0 radical (unpaired) electrons. The number of hydrogen-bond acceptors (Lipinski definition) is 10. The van der Waals surface area contributed by atoms with Crippen LogP contribution in [0.3, 0.4) is 0 Å². The molecule has 5 amide bonds. The Morgan fingerprint density at radius 2 is 0.425 bits per heavy atom. The van der Waals surface area contributed by atoms with Crippen molar-refractivity contribution in [1.29, 1.82) is 0 Å². The van der Waals surface area contributed by atoms with Gasteiger partial charge in [0.2, 0.25) is 0 Å². The number of methoxy groups -OCH3 is 5. The number of halogens is 5. The lowest BCUT2D eigenvalue weighted by atomic mass is 11.1. The monoisotopic (exact) mass is 705 g/mol. The van der Waals surface area contributed by atoms with E-state index in [2.05, 4.69) is 87.8 Å². The zero-order valence-electron chi connectivity index (χ0n) is 23.2. The number of ether oxygens (including phenoxy) is 5. The Morgan fingerprint density at radius 1 is 0.350 bits per heavy atom. The summed E-state index contributed by atoms with van der Waals surface area (Å²) in [6, 6.07) is 0. The van der Waals surface area contributed by atoms with Gasteiger partial charge in [0, 0.05) is 0 Å². The first kappa shape index (κ1) is 66.2. The number of carbonyl (C=O) groups is 5. The van der Waals surface area contributed by atoms with E-state index in [9.17, 15) is 24.0 Å². The predicted octanol–water partition coefficient (Wildman–Crippen LogP) is -16.9. The minimum Gasteiger partial charge on any atom is -1.00 e. The summed E-state index contributed by atoms with van der Waals surface area (Å²) in [6.45, 7) is 0. The third-order valence-corrected chi connectivity index (χ3v) is 3.16. The molecule has 40 heavy (non-hydrogen) atoms. The summed E-state index contributed by atoms with van der Waals surface area (Å²) in [5.41, 5.74) is 0. The van der Waals surface area contributed by atoms with Gasteiger partial charge < -0.3 is 47.2 Å². The van der Waals surface area contributed by atoms with Crippen molar-refractivity contribution < 1.29 is 71.2 Å². The Hall–Kier alpha value is -2.25. The fourth-order valence-electron chi connectivity index (χ4n) is 0.685. The lowest BCUT2D eigenvalue weighted by Crippen LogP contribution is -3.00. The highest BCUT2D eigenvalue weighted by Crippen LogP contribution is 1.82. The van der Waals surface area contributed by atoms with E-state index in [0.717, 1.165) is 0 Å². The van der Waals surface area contributed by atoms with Gasteiger partial charge in [-0.2, -0.15) is 0 Å². The maximum absolute atomic E-state index is 10.2. The topological polar surface area (TPSA) is 148 Å². The van der Waals surface area contributed by atoms with Gasteiger partial charge in [0.25, 0.3) is 0 Å². The smallest absolute Gasteiger partial charge is 0.450 e. The highest BCUT2D eigenvalue weighted by molar-refractivity contribution is 7.57. The number of carbonyl (C=O) groups excluding carboxylic acids is 5. The molecule has 0 aliphatic carbocycles. The molecule has 0 aliphatic rings. The van der Waals surface area contributed by atoms with Crippen LogP contribution in [-0.2, 0) is 87.8 Å². The predicted molar refractivity (Wildman–Crippen MR) is 152 cm³/mol. The average Bonchev–Trinajstić information content (AvgIpc) is 2.82. The molecule has 250 valence electrons. The number of rotatable bonds is 0. The highest BCUT2D eigenvalue weighted by Gasteiger charge is 2.07. The van der Waals surface area contributed by atoms with Crippen molar-refractivity contribution in [2.24, 2.45) is 0 Å². The SMILES string of the molecule is COC(=O)N(C)[SH2+].COC(=O)N(C)[SH2+].COC(=O)N(C)[SH2+].COC(=O)N(C)[SH2+].COC(=O)N(C)[SH2+].[F-].[F-].[F-].[F-].[F-]. The normalized spacial score (nSPS) is 6.88. The van der Waals surface area contributed by atoms with Crippen LogP contribution in [0.2, 0.25) is 0 Å². The Balaban J connectivity index is -0.0000000341. The molecule has 0 aromatic heterocycles. The van der Waals surface area contributed by atoms with Crippen LogP contribution in [0.1, 0.15) is 0 Å². The molecule has 15 nitrogen and oxygen atoms in total. The molecule has 0 N–H and O–H groups in total. The third-order valence-electron chi connectivity index (χ3n) is 2.24.